The normalized spacial score (nSPS) is 19.8. The summed E-state index contributed by atoms with van der Waals surface area (Å²) >= 11 is 0. The van der Waals surface area contributed by atoms with Gasteiger partial charge in [0.1, 0.15) is 11.3 Å². The third-order valence-corrected chi connectivity index (χ3v) is 4.68. The molecule has 1 aliphatic rings. The summed E-state index contributed by atoms with van der Waals surface area (Å²) in [6.07, 6.45) is 1.96. The number of imidazole rings is 1. The van der Waals surface area contributed by atoms with Crippen molar-refractivity contribution in [1.82, 2.24) is 24.0 Å². The first kappa shape index (κ1) is 15.9. The van der Waals surface area contributed by atoms with Gasteiger partial charge in [-0.2, -0.15) is 0 Å². The minimum Gasteiger partial charge on any atom is -0.389 e. The average Bonchev–Trinajstić information content (AvgIpc) is 3.09. The van der Waals surface area contributed by atoms with E-state index in [0.29, 0.717) is 23.5 Å². The molecule has 126 valence electrons. The molecule has 0 amide bonds. The number of rotatable bonds is 3. The molecular weight excluding hydrogens is 298 g/mol. The van der Waals surface area contributed by atoms with Crippen LogP contribution >= 0.6 is 0 Å². The van der Waals surface area contributed by atoms with Crippen LogP contribution in [0.4, 0.5) is 0 Å². The van der Waals surface area contributed by atoms with Crippen molar-refractivity contribution in [3.05, 3.63) is 26.7 Å². The molecule has 0 aromatic carbocycles. The summed E-state index contributed by atoms with van der Waals surface area (Å²) in [7, 11) is 3.06. The van der Waals surface area contributed by atoms with Crippen LogP contribution in [0.3, 0.4) is 0 Å². The van der Waals surface area contributed by atoms with Crippen molar-refractivity contribution < 1.29 is 5.11 Å². The Morgan fingerprint density at radius 3 is 2.65 bits per heavy atom. The maximum Gasteiger partial charge on any atom is 0.332 e. The Morgan fingerprint density at radius 2 is 2.00 bits per heavy atom. The highest BCUT2D eigenvalue weighted by atomic mass is 16.3. The average molecular weight is 321 g/mol. The molecule has 1 atom stereocenters. The first-order chi connectivity index (χ1) is 10.7. The second-order valence-corrected chi connectivity index (χ2v) is 6.87. The van der Waals surface area contributed by atoms with Crippen molar-refractivity contribution in [2.45, 2.75) is 44.9 Å². The fourth-order valence-corrected chi connectivity index (χ4v) is 3.46. The Labute approximate surface area is 133 Å². The lowest BCUT2D eigenvalue weighted by Crippen LogP contribution is -2.45. The molecule has 1 aliphatic heterocycles. The fraction of sp³-hybridized carbons (Fsp3) is 0.667. The molecule has 1 fully saturated rings. The standard InChI is InChI=1S/C15H23N5O3/c1-15(2,23)9-6-5-7-20(9)8-10-16-11-12(17-10)18(3)14(22)19(4)13(11)21/h9,23H,5-8H2,1-4H3,(H,16,17). The summed E-state index contributed by atoms with van der Waals surface area (Å²) in [6, 6.07) is 0.0577. The van der Waals surface area contributed by atoms with Crippen molar-refractivity contribution in [1.29, 1.82) is 0 Å². The van der Waals surface area contributed by atoms with Crippen LogP contribution in [0.1, 0.15) is 32.5 Å². The molecule has 2 N–H and O–H groups in total. The van der Waals surface area contributed by atoms with Crippen molar-refractivity contribution in [2.75, 3.05) is 6.54 Å². The van der Waals surface area contributed by atoms with Gasteiger partial charge in [-0.05, 0) is 33.2 Å². The lowest BCUT2D eigenvalue weighted by Gasteiger charge is -2.33. The van der Waals surface area contributed by atoms with Crippen LogP contribution in [0, 0.1) is 0 Å². The summed E-state index contributed by atoms with van der Waals surface area (Å²) in [5.74, 6) is 0.634. The van der Waals surface area contributed by atoms with E-state index >= 15 is 0 Å². The fourth-order valence-electron chi connectivity index (χ4n) is 3.46. The van der Waals surface area contributed by atoms with E-state index in [-0.39, 0.29) is 11.6 Å². The number of hydrogen-bond acceptors (Lipinski definition) is 5. The van der Waals surface area contributed by atoms with Crippen LogP contribution in [-0.2, 0) is 20.6 Å². The summed E-state index contributed by atoms with van der Waals surface area (Å²) in [4.78, 5) is 33.8. The zero-order valence-corrected chi connectivity index (χ0v) is 14.0. The molecule has 3 rings (SSSR count). The maximum absolute atomic E-state index is 12.2. The number of aryl methyl sites for hydroxylation is 1. The Balaban J connectivity index is 1.99. The smallest absolute Gasteiger partial charge is 0.332 e. The third kappa shape index (κ3) is 2.61. The van der Waals surface area contributed by atoms with E-state index in [1.54, 1.807) is 7.05 Å². The molecule has 3 heterocycles. The van der Waals surface area contributed by atoms with Gasteiger partial charge in [0, 0.05) is 20.1 Å². The number of aliphatic hydroxyl groups is 1. The molecule has 0 spiro atoms. The van der Waals surface area contributed by atoms with Gasteiger partial charge >= 0.3 is 5.69 Å². The molecule has 1 saturated heterocycles. The number of hydrogen-bond donors (Lipinski definition) is 2. The van der Waals surface area contributed by atoms with Gasteiger partial charge in [0.05, 0.1) is 12.1 Å². The van der Waals surface area contributed by atoms with Gasteiger partial charge in [-0.3, -0.25) is 18.8 Å². The number of aromatic nitrogens is 4. The monoisotopic (exact) mass is 321 g/mol. The predicted molar refractivity (Wildman–Crippen MR) is 86.3 cm³/mol. The van der Waals surface area contributed by atoms with Gasteiger partial charge in [-0.25, -0.2) is 9.78 Å². The minimum atomic E-state index is -0.786. The summed E-state index contributed by atoms with van der Waals surface area (Å²) < 4.78 is 2.44. The topological polar surface area (TPSA) is 96.2 Å². The molecule has 0 bridgehead atoms. The van der Waals surface area contributed by atoms with Gasteiger partial charge in [0.15, 0.2) is 5.65 Å². The first-order valence-corrected chi connectivity index (χ1v) is 7.81. The second-order valence-electron chi connectivity index (χ2n) is 6.87. The van der Waals surface area contributed by atoms with Crippen LogP contribution in [-0.4, -0.2) is 47.3 Å². The van der Waals surface area contributed by atoms with E-state index in [1.165, 1.54) is 11.6 Å². The van der Waals surface area contributed by atoms with E-state index in [0.717, 1.165) is 24.0 Å². The SMILES string of the molecule is Cn1c(=O)c2[nH]c(CN3CCCC3C(C)(C)O)nc2n(C)c1=O. The Kier molecular flexibility index (Phi) is 3.68. The minimum absolute atomic E-state index is 0.0577. The number of fused-ring (bicyclic) bond motifs is 1. The Morgan fingerprint density at radius 1 is 1.30 bits per heavy atom. The molecule has 8 nitrogen and oxygen atoms in total. The van der Waals surface area contributed by atoms with Crippen molar-refractivity contribution >= 4 is 11.2 Å². The zero-order valence-electron chi connectivity index (χ0n) is 14.0. The zero-order chi connectivity index (χ0) is 16.9. The molecule has 0 saturated carbocycles. The molecule has 0 radical (unpaired) electrons. The summed E-state index contributed by atoms with van der Waals surface area (Å²) in [6.45, 7) is 5.02. The summed E-state index contributed by atoms with van der Waals surface area (Å²) in [5.41, 5.74) is -0.847. The lowest BCUT2D eigenvalue weighted by molar-refractivity contribution is -0.00565. The van der Waals surface area contributed by atoms with Gasteiger partial charge in [0.2, 0.25) is 0 Å². The number of H-pyrrole nitrogens is 1. The van der Waals surface area contributed by atoms with Crippen LogP contribution in [0.15, 0.2) is 9.59 Å². The number of likely N-dealkylation sites (tertiary alicyclic amines) is 1. The van der Waals surface area contributed by atoms with Crippen molar-refractivity contribution in [3.63, 3.8) is 0 Å². The Bertz CT molecular complexity index is 855. The lowest BCUT2D eigenvalue weighted by atomic mass is 9.97. The number of nitrogens with one attached hydrogen (secondary N) is 1. The van der Waals surface area contributed by atoms with E-state index in [1.807, 2.05) is 13.8 Å². The molecular formula is C15H23N5O3. The van der Waals surface area contributed by atoms with Crippen LogP contribution in [0.2, 0.25) is 0 Å². The molecule has 2 aromatic heterocycles. The highest BCUT2D eigenvalue weighted by Gasteiger charge is 2.36. The molecule has 8 heteroatoms. The molecule has 23 heavy (non-hydrogen) atoms. The van der Waals surface area contributed by atoms with Crippen LogP contribution in [0.25, 0.3) is 11.2 Å². The molecule has 0 aliphatic carbocycles. The number of nitrogens with zero attached hydrogens (tertiary/aromatic N) is 4. The van der Waals surface area contributed by atoms with Crippen molar-refractivity contribution in [2.24, 2.45) is 14.1 Å². The molecule has 1 unspecified atom stereocenters. The maximum atomic E-state index is 12.2. The van der Waals surface area contributed by atoms with E-state index in [2.05, 4.69) is 14.9 Å². The third-order valence-electron chi connectivity index (χ3n) is 4.68. The quantitative estimate of drug-likeness (QED) is 0.809. The Hall–Kier alpha value is -1.93. The first-order valence-electron chi connectivity index (χ1n) is 7.81. The highest BCUT2D eigenvalue weighted by Crippen LogP contribution is 2.27. The van der Waals surface area contributed by atoms with Crippen LogP contribution in [0.5, 0.6) is 0 Å². The second kappa shape index (κ2) is 5.31. The van der Waals surface area contributed by atoms with Gasteiger partial charge in [-0.1, -0.05) is 0 Å². The molecule has 2 aromatic rings. The van der Waals surface area contributed by atoms with E-state index < -0.39 is 11.3 Å². The van der Waals surface area contributed by atoms with Gasteiger partial charge in [-0.15, -0.1) is 0 Å². The van der Waals surface area contributed by atoms with Crippen LogP contribution < -0.4 is 11.2 Å². The predicted octanol–water partition coefficient (Wildman–Crippen LogP) is -0.304. The van der Waals surface area contributed by atoms with Gasteiger partial charge < -0.3 is 10.1 Å². The summed E-state index contributed by atoms with van der Waals surface area (Å²) in [5, 5.41) is 10.3. The van der Waals surface area contributed by atoms with E-state index in [4.69, 9.17) is 0 Å². The highest BCUT2D eigenvalue weighted by molar-refractivity contribution is 5.69. The van der Waals surface area contributed by atoms with Gasteiger partial charge in [0.25, 0.3) is 5.56 Å². The largest absolute Gasteiger partial charge is 0.389 e. The van der Waals surface area contributed by atoms with Crippen molar-refractivity contribution in [3.8, 4) is 0 Å². The van der Waals surface area contributed by atoms with E-state index in [9.17, 15) is 14.7 Å². The number of aromatic amines is 1.